The summed E-state index contributed by atoms with van der Waals surface area (Å²) in [7, 11) is -0.0549. The van der Waals surface area contributed by atoms with Crippen LogP contribution in [0.25, 0.3) is 0 Å². The molecule has 1 aromatic heterocycles. The standard InChI is InChI=1S/C11H19NS/c1-11(2,3)9-6-7-10(12-8-9)13(4)5/h6-8,13H,1-5H3. The maximum absolute atomic E-state index is 4.47. The summed E-state index contributed by atoms with van der Waals surface area (Å²) in [6.07, 6.45) is 6.47. The van der Waals surface area contributed by atoms with Gasteiger partial charge in [0.05, 0.1) is 5.03 Å². The van der Waals surface area contributed by atoms with Crippen LogP contribution in [0.3, 0.4) is 0 Å². The molecule has 0 bridgehead atoms. The van der Waals surface area contributed by atoms with Crippen molar-refractivity contribution >= 4 is 10.9 Å². The van der Waals surface area contributed by atoms with Gasteiger partial charge in [0.1, 0.15) is 0 Å². The fraction of sp³-hybridized carbons (Fsp3) is 0.545. The summed E-state index contributed by atoms with van der Waals surface area (Å²) >= 11 is 0. The Kier molecular flexibility index (Phi) is 3.01. The molecule has 0 saturated carbocycles. The lowest BCUT2D eigenvalue weighted by Gasteiger charge is -2.19. The van der Waals surface area contributed by atoms with Gasteiger partial charge < -0.3 is 0 Å². The third-order valence-electron chi connectivity index (χ3n) is 2.07. The highest BCUT2D eigenvalue weighted by atomic mass is 32.2. The second-order valence-electron chi connectivity index (χ2n) is 4.55. The minimum Gasteiger partial charge on any atom is -0.251 e. The van der Waals surface area contributed by atoms with Crippen LogP contribution < -0.4 is 0 Å². The molecule has 1 heterocycles. The Hall–Kier alpha value is -0.500. The van der Waals surface area contributed by atoms with Gasteiger partial charge in [0.15, 0.2) is 0 Å². The van der Waals surface area contributed by atoms with Gasteiger partial charge in [-0.2, -0.15) is 0 Å². The molecule has 0 fully saturated rings. The van der Waals surface area contributed by atoms with E-state index < -0.39 is 0 Å². The van der Waals surface area contributed by atoms with Gasteiger partial charge in [-0.3, -0.25) is 4.98 Å². The molecule has 0 N–H and O–H groups in total. The lowest BCUT2D eigenvalue weighted by atomic mass is 9.88. The second kappa shape index (κ2) is 3.70. The van der Waals surface area contributed by atoms with E-state index in [1.54, 1.807) is 0 Å². The molecule has 0 atom stereocenters. The summed E-state index contributed by atoms with van der Waals surface area (Å²) < 4.78 is 0. The van der Waals surface area contributed by atoms with Crippen molar-refractivity contribution in [1.29, 1.82) is 0 Å². The van der Waals surface area contributed by atoms with E-state index in [1.807, 2.05) is 6.20 Å². The largest absolute Gasteiger partial charge is 0.251 e. The molecule has 0 radical (unpaired) electrons. The molecule has 0 aliphatic carbocycles. The molecule has 0 aromatic carbocycles. The van der Waals surface area contributed by atoms with Crippen LogP contribution >= 0.6 is 10.9 Å². The van der Waals surface area contributed by atoms with E-state index in [2.05, 4.69) is 50.4 Å². The van der Waals surface area contributed by atoms with Gasteiger partial charge in [-0.1, -0.05) is 26.8 Å². The quantitative estimate of drug-likeness (QED) is 0.683. The van der Waals surface area contributed by atoms with Gasteiger partial charge in [-0.25, -0.2) is 10.9 Å². The normalized spacial score (nSPS) is 12.8. The van der Waals surface area contributed by atoms with Crippen molar-refractivity contribution in [2.45, 2.75) is 31.2 Å². The fourth-order valence-corrected chi connectivity index (χ4v) is 1.76. The van der Waals surface area contributed by atoms with Gasteiger partial charge >= 0.3 is 0 Å². The fourth-order valence-electron chi connectivity index (χ4n) is 1.09. The molecule has 0 aliphatic heterocycles. The lowest BCUT2D eigenvalue weighted by Crippen LogP contribution is -2.11. The summed E-state index contributed by atoms with van der Waals surface area (Å²) in [4.78, 5) is 4.47. The van der Waals surface area contributed by atoms with Crippen LogP contribution in [0, 0.1) is 0 Å². The number of hydrogen-bond donors (Lipinski definition) is 1. The van der Waals surface area contributed by atoms with Gasteiger partial charge in [-0.05, 0) is 29.6 Å². The number of nitrogens with zero attached hydrogens (tertiary/aromatic N) is 1. The van der Waals surface area contributed by atoms with E-state index in [0.717, 1.165) is 0 Å². The second-order valence-corrected chi connectivity index (χ2v) is 6.80. The van der Waals surface area contributed by atoms with Gasteiger partial charge in [-0.15, -0.1) is 0 Å². The topological polar surface area (TPSA) is 12.9 Å². The zero-order valence-electron chi connectivity index (χ0n) is 9.13. The Balaban J connectivity index is 2.94. The highest BCUT2D eigenvalue weighted by Crippen LogP contribution is 2.28. The third-order valence-corrected chi connectivity index (χ3v) is 3.25. The van der Waals surface area contributed by atoms with E-state index in [9.17, 15) is 0 Å². The molecular formula is C11H19NS. The Labute approximate surface area is 83.9 Å². The number of aromatic nitrogens is 1. The van der Waals surface area contributed by atoms with Crippen molar-refractivity contribution in [3.63, 3.8) is 0 Å². The van der Waals surface area contributed by atoms with Crippen molar-refractivity contribution in [2.24, 2.45) is 0 Å². The highest BCUT2D eigenvalue weighted by molar-refractivity contribution is 8.15. The molecule has 0 aliphatic rings. The van der Waals surface area contributed by atoms with E-state index >= 15 is 0 Å². The molecule has 13 heavy (non-hydrogen) atoms. The maximum atomic E-state index is 4.47. The Morgan fingerprint density at radius 3 is 2.08 bits per heavy atom. The number of pyridine rings is 1. The first-order chi connectivity index (χ1) is 5.91. The average Bonchev–Trinajstić information content (AvgIpc) is 2.03. The van der Waals surface area contributed by atoms with Crippen LogP contribution in [0.1, 0.15) is 26.3 Å². The Bertz CT molecular complexity index is 269. The summed E-state index contributed by atoms with van der Waals surface area (Å²) in [6, 6.07) is 4.36. The molecule has 1 rings (SSSR count). The van der Waals surface area contributed by atoms with Crippen LogP contribution in [-0.2, 0) is 5.41 Å². The van der Waals surface area contributed by atoms with Crippen molar-refractivity contribution in [3.05, 3.63) is 23.9 Å². The molecule has 2 heteroatoms. The predicted molar refractivity (Wildman–Crippen MR) is 62.0 cm³/mol. The first-order valence-corrected chi connectivity index (χ1v) is 6.79. The van der Waals surface area contributed by atoms with E-state index in [0.29, 0.717) is 0 Å². The van der Waals surface area contributed by atoms with Crippen molar-refractivity contribution < 1.29 is 0 Å². The number of thiol groups is 1. The number of rotatable bonds is 1. The molecular weight excluding hydrogens is 178 g/mol. The lowest BCUT2D eigenvalue weighted by molar-refractivity contribution is 0.586. The van der Waals surface area contributed by atoms with Gasteiger partial charge in [0.2, 0.25) is 0 Å². The monoisotopic (exact) mass is 197 g/mol. The van der Waals surface area contributed by atoms with E-state index in [4.69, 9.17) is 0 Å². The van der Waals surface area contributed by atoms with Crippen LogP contribution in [0.4, 0.5) is 0 Å². The third kappa shape index (κ3) is 2.73. The highest BCUT2D eigenvalue weighted by Gasteiger charge is 2.13. The molecule has 1 nitrogen and oxygen atoms in total. The average molecular weight is 197 g/mol. The van der Waals surface area contributed by atoms with Crippen LogP contribution in [0.5, 0.6) is 0 Å². The van der Waals surface area contributed by atoms with Crippen molar-refractivity contribution in [1.82, 2.24) is 4.98 Å². The summed E-state index contributed by atoms with van der Waals surface area (Å²) in [5.74, 6) is 0. The zero-order chi connectivity index (χ0) is 10.1. The van der Waals surface area contributed by atoms with Gasteiger partial charge in [0.25, 0.3) is 0 Å². The van der Waals surface area contributed by atoms with Crippen LogP contribution in [0.2, 0.25) is 0 Å². The Morgan fingerprint density at radius 1 is 1.15 bits per heavy atom. The Morgan fingerprint density at radius 2 is 1.77 bits per heavy atom. The van der Waals surface area contributed by atoms with Crippen molar-refractivity contribution in [2.75, 3.05) is 12.5 Å². The predicted octanol–water partition coefficient (Wildman–Crippen LogP) is 3.00. The number of hydrogen-bond acceptors (Lipinski definition) is 1. The van der Waals surface area contributed by atoms with Crippen molar-refractivity contribution in [3.8, 4) is 0 Å². The summed E-state index contributed by atoms with van der Waals surface area (Å²) in [5, 5.41) is 1.24. The first kappa shape index (κ1) is 10.6. The van der Waals surface area contributed by atoms with E-state index in [-0.39, 0.29) is 16.3 Å². The first-order valence-electron chi connectivity index (χ1n) is 4.55. The van der Waals surface area contributed by atoms with E-state index in [1.165, 1.54) is 10.6 Å². The SMILES string of the molecule is C[SH](C)c1ccc(C(C)(C)C)cn1. The zero-order valence-corrected chi connectivity index (χ0v) is 10.0. The molecule has 74 valence electrons. The summed E-state index contributed by atoms with van der Waals surface area (Å²) in [5.41, 5.74) is 1.53. The minimum absolute atomic E-state index is 0.0549. The molecule has 0 saturated heterocycles. The molecule has 0 unspecified atom stereocenters. The molecule has 1 aromatic rings. The smallest absolute Gasteiger partial charge is 0.0759 e. The molecule has 0 spiro atoms. The van der Waals surface area contributed by atoms with Crippen LogP contribution in [0.15, 0.2) is 23.4 Å². The minimum atomic E-state index is -0.0549. The van der Waals surface area contributed by atoms with Gasteiger partial charge in [0, 0.05) is 6.20 Å². The summed E-state index contributed by atoms with van der Waals surface area (Å²) in [6.45, 7) is 6.64. The maximum Gasteiger partial charge on any atom is 0.0759 e. The molecule has 0 amide bonds. The van der Waals surface area contributed by atoms with Crippen LogP contribution in [-0.4, -0.2) is 17.5 Å².